The first-order valence-corrected chi connectivity index (χ1v) is 5.95. The molecule has 0 unspecified atom stereocenters. The molecule has 0 aliphatic heterocycles. The average molecular weight is 273 g/mol. The van der Waals surface area contributed by atoms with Crippen LogP contribution in [0.5, 0.6) is 11.8 Å². The number of hydrogen-bond acceptors (Lipinski definition) is 4. The van der Waals surface area contributed by atoms with E-state index in [4.69, 9.17) is 9.47 Å². The van der Waals surface area contributed by atoms with Crippen LogP contribution in [0.1, 0.15) is 0 Å². The van der Waals surface area contributed by atoms with E-state index >= 15 is 0 Å². The molecular weight excluding hydrogens is 261 g/mol. The summed E-state index contributed by atoms with van der Waals surface area (Å²) in [4.78, 5) is 8.45. The van der Waals surface area contributed by atoms with Crippen molar-refractivity contribution in [3.8, 4) is 23.0 Å². The molecule has 0 aliphatic rings. The van der Waals surface area contributed by atoms with Gasteiger partial charge in [0, 0.05) is 12.3 Å². The minimum Gasteiger partial charge on any atom is -0.481 e. The Balaban J connectivity index is 2.22. The van der Waals surface area contributed by atoms with Gasteiger partial charge in [0.15, 0.2) is 0 Å². The van der Waals surface area contributed by atoms with Crippen LogP contribution in [-0.4, -0.2) is 28.6 Å². The van der Waals surface area contributed by atoms with E-state index in [1.54, 1.807) is 28.8 Å². The highest BCUT2D eigenvalue weighted by Crippen LogP contribution is 2.30. The SMILES string of the molecule is COc1ccc(-c2cnc3ccc(F)cn23)c(OC)n1. The summed E-state index contributed by atoms with van der Waals surface area (Å²) in [6.07, 6.45) is 3.03. The fourth-order valence-electron chi connectivity index (χ4n) is 2.04. The summed E-state index contributed by atoms with van der Waals surface area (Å²) in [6, 6.07) is 6.51. The Labute approximate surface area is 114 Å². The first-order valence-electron chi connectivity index (χ1n) is 5.95. The second-order valence-corrected chi connectivity index (χ2v) is 4.13. The topological polar surface area (TPSA) is 48.7 Å². The zero-order valence-electron chi connectivity index (χ0n) is 11.0. The molecule has 0 aliphatic carbocycles. The number of ether oxygens (including phenoxy) is 2. The minimum atomic E-state index is -0.336. The van der Waals surface area contributed by atoms with Crippen molar-refractivity contribution in [3.63, 3.8) is 0 Å². The molecule has 0 spiro atoms. The number of aromatic nitrogens is 3. The van der Waals surface area contributed by atoms with Gasteiger partial charge in [0.1, 0.15) is 11.5 Å². The van der Waals surface area contributed by atoms with Gasteiger partial charge in [0.05, 0.1) is 31.7 Å². The number of rotatable bonds is 3. The highest BCUT2D eigenvalue weighted by Gasteiger charge is 2.13. The van der Waals surface area contributed by atoms with Gasteiger partial charge in [-0.3, -0.25) is 4.40 Å². The van der Waals surface area contributed by atoms with Gasteiger partial charge in [-0.05, 0) is 18.2 Å². The molecule has 20 heavy (non-hydrogen) atoms. The number of nitrogens with zero attached hydrogens (tertiary/aromatic N) is 3. The molecule has 3 heterocycles. The van der Waals surface area contributed by atoms with E-state index in [1.165, 1.54) is 26.5 Å². The molecule has 0 saturated heterocycles. The summed E-state index contributed by atoms with van der Waals surface area (Å²) >= 11 is 0. The summed E-state index contributed by atoms with van der Waals surface area (Å²) in [5.41, 5.74) is 2.07. The maximum atomic E-state index is 13.4. The lowest BCUT2D eigenvalue weighted by Gasteiger charge is -2.08. The van der Waals surface area contributed by atoms with Crippen LogP contribution in [0.2, 0.25) is 0 Å². The van der Waals surface area contributed by atoms with Gasteiger partial charge in [0.25, 0.3) is 0 Å². The Morgan fingerprint density at radius 3 is 2.70 bits per heavy atom. The van der Waals surface area contributed by atoms with Gasteiger partial charge >= 0.3 is 0 Å². The minimum absolute atomic E-state index is 0.336. The van der Waals surface area contributed by atoms with Crippen molar-refractivity contribution < 1.29 is 13.9 Å². The maximum absolute atomic E-state index is 13.4. The summed E-state index contributed by atoms with van der Waals surface area (Å²) in [6.45, 7) is 0. The van der Waals surface area contributed by atoms with Crippen LogP contribution < -0.4 is 9.47 Å². The first kappa shape index (κ1) is 12.4. The van der Waals surface area contributed by atoms with E-state index in [2.05, 4.69) is 9.97 Å². The third-order valence-electron chi connectivity index (χ3n) is 2.98. The molecule has 0 N–H and O–H groups in total. The monoisotopic (exact) mass is 273 g/mol. The number of hydrogen-bond donors (Lipinski definition) is 0. The van der Waals surface area contributed by atoms with Crippen molar-refractivity contribution in [2.75, 3.05) is 14.2 Å². The molecule has 0 atom stereocenters. The first-order chi connectivity index (χ1) is 9.72. The predicted molar refractivity (Wildman–Crippen MR) is 71.5 cm³/mol. The lowest BCUT2D eigenvalue weighted by atomic mass is 10.2. The van der Waals surface area contributed by atoms with Crippen LogP contribution in [0.3, 0.4) is 0 Å². The molecule has 3 aromatic rings. The van der Waals surface area contributed by atoms with Crippen molar-refractivity contribution in [3.05, 3.63) is 42.5 Å². The number of pyridine rings is 2. The lowest BCUT2D eigenvalue weighted by molar-refractivity contribution is 0.365. The van der Waals surface area contributed by atoms with Crippen LogP contribution >= 0.6 is 0 Å². The van der Waals surface area contributed by atoms with E-state index in [0.717, 1.165) is 0 Å². The second kappa shape index (κ2) is 4.80. The van der Waals surface area contributed by atoms with Crippen LogP contribution in [0.4, 0.5) is 4.39 Å². The summed E-state index contributed by atoms with van der Waals surface area (Å²) in [5.74, 6) is 0.512. The summed E-state index contributed by atoms with van der Waals surface area (Å²) < 4.78 is 25.4. The molecule has 102 valence electrons. The standard InChI is InChI=1S/C14H12FN3O2/c1-19-13-6-4-10(14(17-13)20-2)11-7-16-12-5-3-9(15)8-18(11)12/h3-8H,1-2H3. The van der Waals surface area contributed by atoms with Gasteiger partial charge in [-0.15, -0.1) is 0 Å². The quantitative estimate of drug-likeness (QED) is 0.736. The normalized spacial score (nSPS) is 10.8. The van der Waals surface area contributed by atoms with Crippen LogP contribution in [-0.2, 0) is 0 Å². The average Bonchev–Trinajstić information content (AvgIpc) is 2.89. The molecule has 0 aromatic carbocycles. The zero-order valence-corrected chi connectivity index (χ0v) is 11.0. The number of imidazole rings is 1. The van der Waals surface area contributed by atoms with Crippen molar-refractivity contribution in [2.45, 2.75) is 0 Å². The molecule has 3 rings (SSSR count). The van der Waals surface area contributed by atoms with E-state index in [1.807, 2.05) is 0 Å². The van der Waals surface area contributed by atoms with Crippen molar-refractivity contribution >= 4 is 5.65 Å². The summed E-state index contributed by atoms with van der Waals surface area (Å²) in [7, 11) is 3.06. The van der Waals surface area contributed by atoms with Gasteiger partial charge in [0.2, 0.25) is 11.8 Å². The predicted octanol–water partition coefficient (Wildman–Crippen LogP) is 2.55. The van der Waals surface area contributed by atoms with E-state index in [-0.39, 0.29) is 5.82 Å². The third-order valence-corrected chi connectivity index (χ3v) is 2.98. The van der Waals surface area contributed by atoms with Gasteiger partial charge in [-0.1, -0.05) is 0 Å². The molecule has 0 fully saturated rings. The second-order valence-electron chi connectivity index (χ2n) is 4.13. The smallest absolute Gasteiger partial charge is 0.225 e. The van der Waals surface area contributed by atoms with Crippen LogP contribution in [0.25, 0.3) is 16.9 Å². The largest absolute Gasteiger partial charge is 0.481 e. The van der Waals surface area contributed by atoms with Gasteiger partial charge < -0.3 is 9.47 Å². The highest BCUT2D eigenvalue weighted by molar-refractivity contribution is 5.68. The highest BCUT2D eigenvalue weighted by atomic mass is 19.1. The fraction of sp³-hybridized carbons (Fsp3) is 0.143. The molecule has 5 nitrogen and oxygen atoms in total. The fourth-order valence-corrected chi connectivity index (χ4v) is 2.04. The lowest BCUT2D eigenvalue weighted by Crippen LogP contribution is -1.97. The van der Waals surface area contributed by atoms with Gasteiger partial charge in [-0.25, -0.2) is 9.37 Å². The van der Waals surface area contributed by atoms with Gasteiger partial charge in [-0.2, -0.15) is 4.98 Å². The number of methoxy groups -OCH3 is 2. The molecule has 0 radical (unpaired) electrons. The molecule has 0 bridgehead atoms. The maximum Gasteiger partial charge on any atom is 0.225 e. The van der Waals surface area contributed by atoms with E-state index < -0.39 is 0 Å². The molecule has 3 aromatic heterocycles. The zero-order chi connectivity index (χ0) is 14.1. The van der Waals surface area contributed by atoms with Crippen molar-refractivity contribution in [2.24, 2.45) is 0 Å². The van der Waals surface area contributed by atoms with E-state index in [0.29, 0.717) is 28.7 Å². The number of fused-ring (bicyclic) bond motifs is 1. The van der Waals surface area contributed by atoms with Crippen LogP contribution in [0.15, 0.2) is 36.7 Å². The molecular formula is C14H12FN3O2. The molecule has 0 amide bonds. The third kappa shape index (κ3) is 1.95. The van der Waals surface area contributed by atoms with Crippen molar-refractivity contribution in [1.29, 1.82) is 0 Å². The van der Waals surface area contributed by atoms with Crippen molar-refractivity contribution in [1.82, 2.24) is 14.4 Å². The molecule has 0 saturated carbocycles. The Bertz CT molecular complexity index is 770. The molecule has 6 heteroatoms. The Morgan fingerprint density at radius 1 is 1.10 bits per heavy atom. The van der Waals surface area contributed by atoms with Crippen LogP contribution in [0, 0.1) is 5.82 Å². The van der Waals surface area contributed by atoms with E-state index in [9.17, 15) is 4.39 Å². The Morgan fingerprint density at radius 2 is 1.95 bits per heavy atom. The summed E-state index contributed by atoms with van der Waals surface area (Å²) in [5, 5.41) is 0. The Kier molecular flexibility index (Phi) is 2.98. The Hall–Kier alpha value is -2.63. The number of halogens is 1.